The molecule has 1 aromatic heterocycles. The zero-order chi connectivity index (χ0) is 19.2. The van der Waals surface area contributed by atoms with Crippen molar-refractivity contribution in [1.82, 2.24) is 9.97 Å². The second kappa shape index (κ2) is 8.45. The molecule has 138 valence electrons. The van der Waals surface area contributed by atoms with Crippen molar-refractivity contribution in [2.45, 2.75) is 20.4 Å². The van der Waals surface area contributed by atoms with Gasteiger partial charge in [0.25, 0.3) is 5.91 Å². The molecule has 0 aliphatic rings. The number of hydrogen-bond acceptors (Lipinski definition) is 4. The van der Waals surface area contributed by atoms with E-state index in [1.54, 1.807) is 17.3 Å². The van der Waals surface area contributed by atoms with Gasteiger partial charge in [-0.1, -0.05) is 42.5 Å². The number of amides is 1. The summed E-state index contributed by atoms with van der Waals surface area (Å²) in [6.45, 7) is 5.27. The fourth-order valence-corrected chi connectivity index (χ4v) is 2.95. The van der Waals surface area contributed by atoms with Crippen LogP contribution in [0.25, 0.3) is 0 Å². The second-order valence-corrected chi connectivity index (χ2v) is 6.50. The smallest absolute Gasteiger partial charge is 0.261 e. The molecule has 2 aromatic carbocycles. The van der Waals surface area contributed by atoms with Crippen molar-refractivity contribution in [3.05, 3.63) is 83.7 Å². The molecule has 0 radical (unpaired) electrons. The maximum atomic E-state index is 12.9. The van der Waals surface area contributed by atoms with Crippen molar-refractivity contribution in [3.63, 3.8) is 0 Å². The third kappa shape index (κ3) is 4.50. The van der Waals surface area contributed by atoms with Crippen LogP contribution in [-0.4, -0.2) is 29.5 Å². The molecule has 27 heavy (non-hydrogen) atoms. The molecule has 0 atom stereocenters. The number of rotatable bonds is 6. The first-order valence-electron chi connectivity index (χ1n) is 9.04. The summed E-state index contributed by atoms with van der Waals surface area (Å²) in [5, 5.41) is 0. The van der Waals surface area contributed by atoms with Gasteiger partial charge < -0.3 is 9.80 Å². The lowest BCUT2D eigenvalue weighted by atomic mass is 10.2. The van der Waals surface area contributed by atoms with Gasteiger partial charge in [-0.15, -0.1) is 0 Å². The zero-order valence-electron chi connectivity index (χ0n) is 16.0. The first kappa shape index (κ1) is 18.6. The summed E-state index contributed by atoms with van der Waals surface area (Å²) in [4.78, 5) is 25.4. The van der Waals surface area contributed by atoms with E-state index in [-0.39, 0.29) is 5.91 Å². The molecule has 5 heteroatoms. The number of carbonyl (C=O) groups is 1. The quantitative estimate of drug-likeness (QED) is 0.664. The van der Waals surface area contributed by atoms with Gasteiger partial charge in [0, 0.05) is 38.2 Å². The molecule has 0 saturated carbocycles. The van der Waals surface area contributed by atoms with E-state index in [1.807, 2.05) is 68.3 Å². The van der Waals surface area contributed by atoms with Crippen LogP contribution in [0.5, 0.6) is 0 Å². The highest BCUT2D eigenvalue weighted by atomic mass is 16.2. The molecule has 0 aliphatic carbocycles. The van der Waals surface area contributed by atoms with Crippen LogP contribution in [0.2, 0.25) is 0 Å². The van der Waals surface area contributed by atoms with Crippen LogP contribution in [0.3, 0.4) is 0 Å². The Morgan fingerprint density at radius 3 is 2.33 bits per heavy atom. The Balaban J connectivity index is 1.74. The van der Waals surface area contributed by atoms with Crippen molar-refractivity contribution in [3.8, 4) is 0 Å². The fraction of sp³-hybridized carbons (Fsp3) is 0.227. The fourth-order valence-electron chi connectivity index (χ4n) is 2.95. The first-order chi connectivity index (χ1) is 13.1. The third-order valence-corrected chi connectivity index (χ3v) is 4.36. The molecule has 0 saturated heterocycles. The molecular formula is C22H24N4O. The molecule has 0 fully saturated rings. The molecule has 0 bridgehead atoms. The molecule has 1 heterocycles. The van der Waals surface area contributed by atoms with Crippen LogP contribution < -0.4 is 9.80 Å². The predicted octanol–water partition coefficient (Wildman–Crippen LogP) is 4.09. The summed E-state index contributed by atoms with van der Waals surface area (Å²) < 4.78 is 0. The molecule has 0 N–H and O–H groups in total. The molecule has 0 aliphatic heterocycles. The van der Waals surface area contributed by atoms with E-state index in [1.165, 1.54) is 5.56 Å². The second-order valence-electron chi connectivity index (χ2n) is 6.50. The minimum absolute atomic E-state index is 0.0969. The highest BCUT2D eigenvalue weighted by Gasteiger charge is 2.17. The van der Waals surface area contributed by atoms with Gasteiger partial charge in [0.2, 0.25) is 5.95 Å². The number of benzene rings is 2. The van der Waals surface area contributed by atoms with Crippen LogP contribution in [0.15, 0.2) is 67.0 Å². The van der Waals surface area contributed by atoms with E-state index in [2.05, 4.69) is 22.1 Å². The Labute approximate surface area is 160 Å². The highest BCUT2D eigenvalue weighted by Crippen LogP contribution is 2.19. The number of hydrogen-bond donors (Lipinski definition) is 0. The van der Waals surface area contributed by atoms with Crippen LogP contribution in [-0.2, 0) is 6.54 Å². The number of carbonyl (C=O) groups excluding carboxylic acids is 1. The van der Waals surface area contributed by atoms with Gasteiger partial charge in [0.05, 0.1) is 5.56 Å². The van der Waals surface area contributed by atoms with E-state index >= 15 is 0 Å². The van der Waals surface area contributed by atoms with E-state index in [0.29, 0.717) is 24.6 Å². The standard InChI is InChI=1S/C22H24N4O/c1-4-26(20-12-8-9-17(2)13-20)21(27)19-14-23-22(24-15-19)25(3)16-18-10-6-5-7-11-18/h5-15H,4,16H2,1-3H3. The normalized spacial score (nSPS) is 10.5. The van der Waals surface area contributed by atoms with Gasteiger partial charge in [-0.25, -0.2) is 9.97 Å². The summed E-state index contributed by atoms with van der Waals surface area (Å²) >= 11 is 0. The minimum Gasteiger partial charge on any atom is -0.340 e. The number of nitrogens with zero attached hydrogens (tertiary/aromatic N) is 4. The molecule has 3 aromatic rings. The van der Waals surface area contributed by atoms with E-state index in [9.17, 15) is 4.79 Å². The van der Waals surface area contributed by atoms with Gasteiger partial charge in [0.1, 0.15) is 0 Å². The van der Waals surface area contributed by atoms with E-state index in [4.69, 9.17) is 0 Å². The van der Waals surface area contributed by atoms with Crippen LogP contribution in [0.4, 0.5) is 11.6 Å². The number of anilines is 2. The molecule has 0 spiro atoms. The lowest BCUT2D eigenvalue weighted by Crippen LogP contribution is -2.31. The Bertz CT molecular complexity index is 894. The van der Waals surface area contributed by atoms with Crippen LogP contribution in [0.1, 0.15) is 28.4 Å². The van der Waals surface area contributed by atoms with Gasteiger partial charge in [-0.05, 0) is 37.1 Å². The summed E-state index contributed by atoms with van der Waals surface area (Å²) in [5.41, 5.74) is 3.66. The van der Waals surface area contributed by atoms with Gasteiger partial charge in [-0.2, -0.15) is 0 Å². The van der Waals surface area contributed by atoms with Crippen molar-refractivity contribution < 1.29 is 4.79 Å². The maximum Gasteiger partial charge on any atom is 0.261 e. The highest BCUT2D eigenvalue weighted by molar-refractivity contribution is 6.05. The zero-order valence-corrected chi connectivity index (χ0v) is 16.0. The number of aromatic nitrogens is 2. The van der Waals surface area contributed by atoms with Crippen molar-refractivity contribution in [1.29, 1.82) is 0 Å². The Morgan fingerprint density at radius 1 is 1.00 bits per heavy atom. The molecule has 5 nitrogen and oxygen atoms in total. The predicted molar refractivity (Wildman–Crippen MR) is 109 cm³/mol. The average molecular weight is 360 g/mol. The summed E-state index contributed by atoms with van der Waals surface area (Å²) in [6.07, 6.45) is 3.20. The van der Waals surface area contributed by atoms with Gasteiger partial charge in [0.15, 0.2) is 0 Å². The summed E-state index contributed by atoms with van der Waals surface area (Å²) in [6, 6.07) is 18.1. The number of aryl methyl sites for hydroxylation is 1. The third-order valence-electron chi connectivity index (χ3n) is 4.36. The first-order valence-corrected chi connectivity index (χ1v) is 9.04. The van der Waals surface area contributed by atoms with Crippen LogP contribution in [0, 0.1) is 6.92 Å². The SMILES string of the molecule is CCN(C(=O)c1cnc(N(C)Cc2ccccc2)nc1)c1cccc(C)c1. The molecular weight excluding hydrogens is 336 g/mol. The van der Waals surface area contributed by atoms with E-state index < -0.39 is 0 Å². The topological polar surface area (TPSA) is 49.3 Å². The molecule has 0 unspecified atom stereocenters. The molecule has 1 amide bonds. The molecule has 3 rings (SSSR count). The van der Waals surface area contributed by atoms with Gasteiger partial charge in [-0.3, -0.25) is 4.79 Å². The minimum atomic E-state index is -0.0969. The van der Waals surface area contributed by atoms with Crippen molar-refractivity contribution >= 4 is 17.5 Å². The Hall–Kier alpha value is -3.21. The lowest BCUT2D eigenvalue weighted by Gasteiger charge is -2.22. The van der Waals surface area contributed by atoms with Gasteiger partial charge >= 0.3 is 0 Å². The summed E-state index contributed by atoms with van der Waals surface area (Å²) in [7, 11) is 1.94. The van der Waals surface area contributed by atoms with Crippen molar-refractivity contribution in [2.24, 2.45) is 0 Å². The van der Waals surface area contributed by atoms with Crippen molar-refractivity contribution in [2.75, 3.05) is 23.4 Å². The van der Waals surface area contributed by atoms with Crippen LogP contribution >= 0.6 is 0 Å². The Morgan fingerprint density at radius 2 is 1.70 bits per heavy atom. The Kier molecular flexibility index (Phi) is 5.81. The average Bonchev–Trinajstić information content (AvgIpc) is 2.69. The maximum absolute atomic E-state index is 12.9. The monoisotopic (exact) mass is 360 g/mol. The van der Waals surface area contributed by atoms with E-state index in [0.717, 1.165) is 11.3 Å². The largest absolute Gasteiger partial charge is 0.340 e. The lowest BCUT2D eigenvalue weighted by molar-refractivity contribution is 0.0987. The summed E-state index contributed by atoms with van der Waals surface area (Å²) in [5.74, 6) is 0.495.